The molecule has 0 saturated carbocycles. The van der Waals surface area contributed by atoms with Crippen molar-refractivity contribution in [3.05, 3.63) is 41.0 Å². The number of thiazole rings is 1. The molecule has 4 atom stereocenters. The molecule has 2 amide bonds. The van der Waals surface area contributed by atoms with Gasteiger partial charge in [-0.15, -0.1) is 23.7 Å². The maximum Gasteiger partial charge on any atom is 0.302 e. The Kier molecular flexibility index (Phi) is 9.44. The number of carbonyl (C=O) groups excluding carboxylic acids is 3. The second-order valence-electron chi connectivity index (χ2n) is 9.94. The van der Waals surface area contributed by atoms with Crippen molar-refractivity contribution in [1.29, 1.82) is 0 Å². The number of ether oxygens (including phenoxy) is 1. The highest BCUT2D eigenvalue weighted by atomic mass is 35.5. The minimum atomic E-state index is -0.779. The molecule has 2 heterocycles. The standard InChI is InChI=1S/C25H34N4O4S.ClH/c1-14(17-7-9-18(10-8-17)21-15(2)27-13-34-21)28-23(31)20-11-19(33-16(3)30)12-29(20)24(32)22(26)25(4,5)6;/h7-10,13-14,19-20,22H,11-12,26H2,1-6H3,(H,28,31);1H/t14?,19-,20-,22?;/m1./s1. The summed E-state index contributed by atoms with van der Waals surface area (Å²) in [6.45, 7) is 11.0. The lowest BCUT2D eigenvalue weighted by atomic mass is 9.86. The van der Waals surface area contributed by atoms with Gasteiger partial charge in [0.05, 0.1) is 34.7 Å². The van der Waals surface area contributed by atoms with Crippen molar-refractivity contribution in [2.45, 2.75) is 72.2 Å². The maximum atomic E-state index is 13.3. The first kappa shape index (κ1) is 28.7. The number of aryl methyl sites for hydroxylation is 1. The van der Waals surface area contributed by atoms with Crippen LogP contribution in [0.25, 0.3) is 10.4 Å². The van der Waals surface area contributed by atoms with Gasteiger partial charge < -0.3 is 20.7 Å². The minimum absolute atomic E-state index is 0. The first-order valence-corrected chi connectivity index (χ1v) is 12.3. The van der Waals surface area contributed by atoms with Gasteiger partial charge >= 0.3 is 5.97 Å². The van der Waals surface area contributed by atoms with Crippen LogP contribution in [0.1, 0.15) is 58.3 Å². The Labute approximate surface area is 217 Å². The minimum Gasteiger partial charge on any atom is -0.461 e. The predicted molar refractivity (Wildman–Crippen MR) is 139 cm³/mol. The third-order valence-corrected chi connectivity index (χ3v) is 7.13. The van der Waals surface area contributed by atoms with Gasteiger partial charge in [-0.3, -0.25) is 14.4 Å². The Hall–Kier alpha value is -2.49. The Bertz CT molecular complexity index is 1050. The van der Waals surface area contributed by atoms with Gasteiger partial charge in [0.25, 0.3) is 0 Å². The van der Waals surface area contributed by atoms with Crippen molar-refractivity contribution < 1.29 is 19.1 Å². The third kappa shape index (κ3) is 6.80. The van der Waals surface area contributed by atoms with E-state index in [1.807, 2.05) is 64.4 Å². The number of esters is 1. The summed E-state index contributed by atoms with van der Waals surface area (Å²) in [5, 5.41) is 3.02. The summed E-state index contributed by atoms with van der Waals surface area (Å²) in [6, 6.07) is 6.19. The zero-order valence-corrected chi connectivity index (χ0v) is 22.7. The molecule has 3 N–H and O–H groups in total. The smallest absolute Gasteiger partial charge is 0.302 e. The number of carbonyl (C=O) groups is 3. The molecule has 1 fully saturated rings. The largest absolute Gasteiger partial charge is 0.461 e. The maximum absolute atomic E-state index is 13.3. The van der Waals surface area contributed by atoms with Crippen molar-refractivity contribution in [2.75, 3.05) is 6.54 Å². The molecule has 3 rings (SSSR count). The van der Waals surface area contributed by atoms with E-state index in [0.29, 0.717) is 0 Å². The monoisotopic (exact) mass is 522 g/mol. The third-order valence-electron chi connectivity index (χ3n) is 6.16. The summed E-state index contributed by atoms with van der Waals surface area (Å²) in [5.41, 5.74) is 10.6. The van der Waals surface area contributed by atoms with Crippen LogP contribution in [0.4, 0.5) is 0 Å². The van der Waals surface area contributed by atoms with Crippen LogP contribution in [0.2, 0.25) is 0 Å². The Morgan fingerprint density at radius 2 is 1.86 bits per heavy atom. The molecule has 35 heavy (non-hydrogen) atoms. The van der Waals surface area contributed by atoms with Crippen LogP contribution >= 0.6 is 23.7 Å². The summed E-state index contributed by atoms with van der Waals surface area (Å²) in [4.78, 5) is 44.8. The number of likely N-dealkylation sites (tertiary alicyclic amines) is 1. The van der Waals surface area contributed by atoms with Gasteiger partial charge in [0.2, 0.25) is 11.8 Å². The zero-order valence-electron chi connectivity index (χ0n) is 21.0. The highest BCUT2D eigenvalue weighted by Gasteiger charge is 2.44. The van der Waals surface area contributed by atoms with Crippen molar-refractivity contribution in [1.82, 2.24) is 15.2 Å². The van der Waals surface area contributed by atoms with Gasteiger partial charge in [-0.25, -0.2) is 4.98 Å². The molecule has 192 valence electrons. The molecule has 0 aliphatic carbocycles. The van der Waals surface area contributed by atoms with Gasteiger partial charge in [-0.05, 0) is 30.4 Å². The van der Waals surface area contributed by atoms with E-state index >= 15 is 0 Å². The SMILES string of the molecule is CC(=O)O[C@@H]1C[C@H](C(=O)NC(C)c2ccc(-c3scnc3C)cc2)N(C(=O)C(N)C(C)(C)C)C1.Cl. The highest BCUT2D eigenvalue weighted by Crippen LogP contribution is 2.29. The number of hydrogen-bond acceptors (Lipinski definition) is 7. The van der Waals surface area contributed by atoms with Crippen LogP contribution in [0.5, 0.6) is 0 Å². The van der Waals surface area contributed by atoms with Gasteiger partial charge in [-0.1, -0.05) is 45.0 Å². The predicted octanol–water partition coefficient (Wildman–Crippen LogP) is 3.62. The second kappa shape index (κ2) is 11.5. The first-order chi connectivity index (χ1) is 15.9. The summed E-state index contributed by atoms with van der Waals surface area (Å²) >= 11 is 1.59. The van der Waals surface area contributed by atoms with E-state index < -0.39 is 29.6 Å². The molecule has 8 nitrogen and oxygen atoms in total. The molecule has 0 bridgehead atoms. The lowest BCUT2D eigenvalue weighted by molar-refractivity contribution is -0.147. The zero-order chi connectivity index (χ0) is 25.2. The molecule has 2 aromatic rings. The van der Waals surface area contributed by atoms with Crippen molar-refractivity contribution in [3.63, 3.8) is 0 Å². The second-order valence-corrected chi connectivity index (χ2v) is 10.8. The fourth-order valence-corrected chi connectivity index (χ4v) is 4.87. The van der Waals surface area contributed by atoms with Gasteiger partial charge in [-0.2, -0.15) is 0 Å². The number of nitrogens with zero attached hydrogens (tertiary/aromatic N) is 2. The lowest BCUT2D eigenvalue weighted by Crippen LogP contribution is -2.55. The number of nitrogens with two attached hydrogens (primary N) is 1. The van der Waals surface area contributed by atoms with Gasteiger partial charge in [0.1, 0.15) is 12.1 Å². The lowest BCUT2D eigenvalue weighted by Gasteiger charge is -2.32. The summed E-state index contributed by atoms with van der Waals surface area (Å²) in [6.07, 6.45) is -0.300. The van der Waals surface area contributed by atoms with Crippen LogP contribution in [0.15, 0.2) is 29.8 Å². The Morgan fingerprint density at radius 1 is 1.23 bits per heavy atom. The van der Waals surface area contributed by atoms with E-state index in [1.54, 1.807) is 11.3 Å². The average molecular weight is 523 g/mol. The van der Waals surface area contributed by atoms with Gasteiger partial charge in [0.15, 0.2) is 0 Å². The Morgan fingerprint density at radius 3 is 2.37 bits per heavy atom. The van der Waals surface area contributed by atoms with Crippen LogP contribution in [0.3, 0.4) is 0 Å². The van der Waals surface area contributed by atoms with Crippen LogP contribution in [0, 0.1) is 12.3 Å². The van der Waals surface area contributed by atoms with Crippen molar-refractivity contribution in [3.8, 4) is 10.4 Å². The van der Waals surface area contributed by atoms with Crippen LogP contribution in [-0.2, 0) is 19.1 Å². The number of rotatable bonds is 6. The Balaban J connectivity index is 0.00000432. The number of nitrogens with one attached hydrogen (secondary N) is 1. The number of amides is 2. The topological polar surface area (TPSA) is 115 Å². The quantitative estimate of drug-likeness (QED) is 0.560. The van der Waals surface area contributed by atoms with Crippen molar-refractivity contribution in [2.24, 2.45) is 11.1 Å². The first-order valence-electron chi connectivity index (χ1n) is 11.4. The summed E-state index contributed by atoms with van der Waals surface area (Å²) in [7, 11) is 0. The molecular weight excluding hydrogens is 488 g/mol. The number of halogens is 1. The number of hydrogen-bond donors (Lipinski definition) is 2. The van der Waals surface area contributed by atoms with Crippen LogP contribution in [-0.4, -0.2) is 52.4 Å². The highest BCUT2D eigenvalue weighted by molar-refractivity contribution is 7.13. The van der Waals surface area contributed by atoms with Gasteiger partial charge in [0, 0.05) is 13.3 Å². The molecule has 1 aliphatic heterocycles. The van der Waals surface area contributed by atoms with Crippen LogP contribution < -0.4 is 11.1 Å². The summed E-state index contributed by atoms with van der Waals surface area (Å²) in [5.74, 6) is -1.05. The van der Waals surface area contributed by atoms with E-state index in [0.717, 1.165) is 21.7 Å². The van der Waals surface area contributed by atoms with E-state index in [2.05, 4.69) is 10.3 Å². The molecule has 10 heteroatoms. The normalized spacial score (nSPS) is 19.5. The van der Waals surface area contributed by atoms with E-state index in [-0.39, 0.29) is 43.2 Å². The molecule has 1 aromatic carbocycles. The number of benzene rings is 1. The molecule has 2 unspecified atom stereocenters. The molecular formula is C25H35ClN4O4S. The number of aromatic nitrogens is 1. The van der Waals surface area contributed by atoms with E-state index in [9.17, 15) is 14.4 Å². The van der Waals surface area contributed by atoms with Crippen molar-refractivity contribution >= 4 is 41.5 Å². The molecule has 1 aromatic heterocycles. The fourth-order valence-electron chi connectivity index (χ4n) is 4.05. The van der Waals surface area contributed by atoms with E-state index in [4.69, 9.17) is 10.5 Å². The molecule has 1 aliphatic rings. The van der Waals surface area contributed by atoms with E-state index in [1.165, 1.54) is 11.8 Å². The average Bonchev–Trinajstić information content (AvgIpc) is 3.37. The molecule has 0 spiro atoms. The summed E-state index contributed by atoms with van der Waals surface area (Å²) < 4.78 is 5.33. The molecule has 1 saturated heterocycles. The molecule has 0 radical (unpaired) electrons. The fraction of sp³-hybridized carbons (Fsp3) is 0.520.